The summed E-state index contributed by atoms with van der Waals surface area (Å²) in [6.07, 6.45) is 16.5. The van der Waals surface area contributed by atoms with Gasteiger partial charge in [-0.05, 0) is 70.2 Å². The molecule has 0 radical (unpaired) electrons. The van der Waals surface area contributed by atoms with Crippen LogP contribution >= 0.6 is 22.6 Å². The summed E-state index contributed by atoms with van der Waals surface area (Å²) in [5.41, 5.74) is 7.42. The first-order valence-electron chi connectivity index (χ1n) is 6.36. The van der Waals surface area contributed by atoms with Gasteiger partial charge in [-0.3, -0.25) is 5.43 Å². The van der Waals surface area contributed by atoms with Crippen LogP contribution in [0.4, 0.5) is 5.69 Å². The lowest BCUT2D eigenvalue weighted by atomic mass is 10.0. The highest BCUT2D eigenvalue weighted by Crippen LogP contribution is 2.18. The summed E-state index contributed by atoms with van der Waals surface area (Å²) in [6, 6.07) is 8.14. The third-order valence-electron chi connectivity index (χ3n) is 3.02. The molecule has 2 nitrogen and oxygen atoms in total. The van der Waals surface area contributed by atoms with Crippen LogP contribution in [0.25, 0.3) is 0 Å². The summed E-state index contributed by atoms with van der Waals surface area (Å²) in [6.45, 7) is 0. The molecule has 3 heteroatoms. The van der Waals surface area contributed by atoms with E-state index in [1.165, 1.54) is 14.7 Å². The van der Waals surface area contributed by atoms with Gasteiger partial charge in [0.15, 0.2) is 0 Å². The highest BCUT2D eigenvalue weighted by atomic mass is 127. The predicted molar refractivity (Wildman–Crippen MR) is 93.8 cm³/mol. The van der Waals surface area contributed by atoms with Gasteiger partial charge in [-0.1, -0.05) is 36.5 Å². The fourth-order valence-electron chi connectivity index (χ4n) is 1.95. The Hall–Kier alpha value is -1.88. The first kappa shape index (κ1) is 13.1. The van der Waals surface area contributed by atoms with Gasteiger partial charge in [-0.25, -0.2) is 0 Å². The molecule has 0 heterocycles. The van der Waals surface area contributed by atoms with Crippen LogP contribution in [0, 0.1) is 3.57 Å². The molecular formula is C17H13IN2. The molecule has 2 aliphatic carbocycles. The number of halogens is 1. The molecule has 0 saturated carbocycles. The van der Waals surface area contributed by atoms with Gasteiger partial charge < -0.3 is 0 Å². The van der Waals surface area contributed by atoms with Crippen LogP contribution in [0.15, 0.2) is 89.1 Å². The molecule has 20 heavy (non-hydrogen) atoms. The fourth-order valence-corrected chi connectivity index (χ4v) is 2.31. The van der Waals surface area contributed by atoms with Crippen molar-refractivity contribution in [1.29, 1.82) is 0 Å². The van der Waals surface area contributed by atoms with Crippen LogP contribution in [-0.4, -0.2) is 5.71 Å². The number of hydrogen-bond acceptors (Lipinski definition) is 2. The van der Waals surface area contributed by atoms with Crippen molar-refractivity contribution in [2.24, 2.45) is 5.10 Å². The van der Waals surface area contributed by atoms with Gasteiger partial charge in [-0.15, -0.1) is 0 Å². The van der Waals surface area contributed by atoms with Crippen LogP contribution in [0.1, 0.15) is 0 Å². The third-order valence-corrected chi connectivity index (χ3v) is 3.74. The maximum Gasteiger partial charge on any atom is 0.0833 e. The zero-order chi connectivity index (χ0) is 13.8. The van der Waals surface area contributed by atoms with E-state index in [1.54, 1.807) is 0 Å². The molecule has 1 aromatic rings. The lowest BCUT2D eigenvalue weighted by Crippen LogP contribution is -1.99. The van der Waals surface area contributed by atoms with E-state index in [0.717, 1.165) is 11.4 Å². The molecule has 0 aromatic heterocycles. The van der Waals surface area contributed by atoms with Crippen molar-refractivity contribution < 1.29 is 0 Å². The molecule has 2 aliphatic rings. The molecule has 0 unspecified atom stereocenters. The molecule has 0 bridgehead atoms. The summed E-state index contributed by atoms with van der Waals surface area (Å²) < 4.78 is 1.22. The molecule has 0 fully saturated rings. The van der Waals surface area contributed by atoms with E-state index < -0.39 is 0 Å². The Morgan fingerprint density at radius 1 is 0.750 bits per heavy atom. The summed E-state index contributed by atoms with van der Waals surface area (Å²) in [7, 11) is 0. The summed E-state index contributed by atoms with van der Waals surface area (Å²) >= 11 is 2.29. The van der Waals surface area contributed by atoms with Gasteiger partial charge in [0, 0.05) is 3.57 Å². The molecule has 0 aliphatic heterocycles. The zero-order valence-corrected chi connectivity index (χ0v) is 12.9. The van der Waals surface area contributed by atoms with Crippen molar-refractivity contribution in [1.82, 2.24) is 0 Å². The van der Waals surface area contributed by atoms with E-state index in [9.17, 15) is 0 Å². The highest BCUT2D eigenvalue weighted by molar-refractivity contribution is 14.1. The maximum atomic E-state index is 4.38. The zero-order valence-electron chi connectivity index (χ0n) is 10.8. The number of rotatable bonds is 2. The quantitative estimate of drug-likeness (QED) is 0.595. The average molecular weight is 372 g/mol. The van der Waals surface area contributed by atoms with E-state index >= 15 is 0 Å². The van der Waals surface area contributed by atoms with E-state index in [1.807, 2.05) is 36.4 Å². The Morgan fingerprint density at radius 3 is 2.00 bits per heavy atom. The second-order valence-corrected chi connectivity index (χ2v) is 5.70. The number of hydrazone groups is 1. The third kappa shape index (κ3) is 3.17. The lowest BCUT2D eigenvalue weighted by Gasteiger charge is -2.06. The molecule has 1 N–H and O–H groups in total. The second kappa shape index (κ2) is 6.05. The van der Waals surface area contributed by atoms with Crippen molar-refractivity contribution in [2.75, 3.05) is 5.43 Å². The standard InChI is InChI=1S/C17H13IN2/c18-15-7-11-17(12-8-15)20-19-16-9-5-14(6-10-16)13-3-1-2-4-13/h1-12,20H. The minimum absolute atomic E-state index is 0.916. The fraction of sp³-hybridized carbons (Fsp3) is 0. The van der Waals surface area contributed by atoms with Gasteiger partial charge in [0.25, 0.3) is 0 Å². The van der Waals surface area contributed by atoms with Gasteiger partial charge in [0.05, 0.1) is 11.4 Å². The van der Waals surface area contributed by atoms with Crippen LogP contribution in [0.2, 0.25) is 0 Å². The Kier molecular flexibility index (Phi) is 3.97. The molecule has 3 rings (SSSR count). The van der Waals surface area contributed by atoms with Crippen LogP contribution < -0.4 is 5.43 Å². The topological polar surface area (TPSA) is 24.4 Å². The number of anilines is 1. The summed E-state index contributed by atoms with van der Waals surface area (Å²) in [4.78, 5) is 0. The van der Waals surface area contributed by atoms with E-state index in [-0.39, 0.29) is 0 Å². The van der Waals surface area contributed by atoms with Gasteiger partial charge in [-0.2, -0.15) is 5.10 Å². The first-order valence-corrected chi connectivity index (χ1v) is 7.44. The van der Waals surface area contributed by atoms with Crippen molar-refractivity contribution in [2.45, 2.75) is 0 Å². The number of hydrogen-bond donors (Lipinski definition) is 1. The summed E-state index contributed by atoms with van der Waals surface area (Å²) in [5, 5.41) is 4.38. The molecule has 98 valence electrons. The van der Waals surface area contributed by atoms with E-state index in [4.69, 9.17) is 0 Å². The van der Waals surface area contributed by atoms with Crippen LogP contribution in [0.3, 0.4) is 0 Å². The SMILES string of the molecule is Ic1ccc(NN=C2C=CC(=C3C=CC=C3)C=C2)cc1. The van der Waals surface area contributed by atoms with Crippen LogP contribution in [-0.2, 0) is 0 Å². The Labute approximate surface area is 132 Å². The van der Waals surface area contributed by atoms with Crippen molar-refractivity contribution in [3.8, 4) is 0 Å². The molecule has 0 spiro atoms. The van der Waals surface area contributed by atoms with Crippen molar-refractivity contribution in [3.63, 3.8) is 0 Å². The Bertz CT molecular complexity index is 654. The van der Waals surface area contributed by atoms with Crippen molar-refractivity contribution >= 4 is 34.0 Å². The number of nitrogens with zero attached hydrogens (tertiary/aromatic N) is 1. The Morgan fingerprint density at radius 2 is 1.35 bits per heavy atom. The van der Waals surface area contributed by atoms with Crippen LogP contribution in [0.5, 0.6) is 0 Å². The number of benzene rings is 1. The van der Waals surface area contributed by atoms with E-state index in [0.29, 0.717) is 0 Å². The molecule has 1 aromatic carbocycles. The van der Waals surface area contributed by atoms with E-state index in [2.05, 4.69) is 69.6 Å². The highest BCUT2D eigenvalue weighted by Gasteiger charge is 2.03. The smallest absolute Gasteiger partial charge is 0.0833 e. The normalized spacial score (nSPS) is 16.1. The second-order valence-electron chi connectivity index (χ2n) is 4.45. The first-order chi connectivity index (χ1) is 9.81. The monoisotopic (exact) mass is 372 g/mol. The van der Waals surface area contributed by atoms with Gasteiger partial charge >= 0.3 is 0 Å². The largest absolute Gasteiger partial charge is 0.278 e. The Balaban J connectivity index is 1.70. The molecular weight excluding hydrogens is 359 g/mol. The molecule has 0 atom stereocenters. The molecule has 0 saturated heterocycles. The summed E-state index contributed by atoms with van der Waals surface area (Å²) in [5.74, 6) is 0. The number of nitrogens with one attached hydrogen (secondary N) is 1. The van der Waals surface area contributed by atoms with Gasteiger partial charge in [0.1, 0.15) is 0 Å². The number of allylic oxidation sites excluding steroid dienone is 10. The van der Waals surface area contributed by atoms with Gasteiger partial charge in [0.2, 0.25) is 0 Å². The molecule has 0 amide bonds. The predicted octanol–water partition coefficient (Wildman–Crippen LogP) is 4.61. The lowest BCUT2D eigenvalue weighted by molar-refractivity contribution is 1.33. The minimum Gasteiger partial charge on any atom is -0.278 e. The maximum absolute atomic E-state index is 4.38. The average Bonchev–Trinajstić information content (AvgIpc) is 3.01. The minimum atomic E-state index is 0.916. The van der Waals surface area contributed by atoms with Crippen molar-refractivity contribution in [3.05, 3.63) is 87.6 Å².